The van der Waals surface area contributed by atoms with Crippen LogP contribution in [0.25, 0.3) is 10.9 Å². The van der Waals surface area contributed by atoms with Gasteiger partial charge in [0, 0.05) is 23.6 Å². The van der Waals surface area contributed by atoms with Crippen LogP contribution >= 0.6 is 0 Å². The molecule has 74 valence electrons. The zero-order valence-electron chi connectivity index (χ0n) is 8.54. The standard InChI is InChI=1S/C11H15N3/c1-8-11(14(2)7-12)9-5-3-4-6-10(9)13-8/h3-6,13H,7,12H2,1-2H3. The van der Waals surface area contributed by atoms with Crippen molar-refractivity contribution in [1.29, 1.82) is 0 Å². The molecule has 1 aromatic carbocycles. The smallest absolute Gasteiger partial charge is 0.0661 e. The fourth-order valence-corrected chi connectivity index (χ4v) is 1.85. The summed E-state index contributed by atoms with van der Waals surface area (Å²) in [5, 5.41) is 1.23. The van der Waals surface area contributed by atoms with Gasteiger partial charge < -0.3 is 15.6 Å². The Balaban J connectivity index is 2.67. The Hall–Kier alpha value is -1.48. The number of anilines is 1. The first-order valence-corrected chi connectivity index (χ1v) is 4.72. The lowest BCUT2D eigenvalue weighted by Gasteiger charge is -2.16. The summed E-state index contributed by atoms with van der Waals surface area (Å²) < 4.78 is 0. The van der Waals surface area contributed by atoms with Gasteiger partial charge in [-0.1, -0.05) is 18.2 Å². The van der Waals surface area contributed by atoms with Gasteiger partial charge in [-0.3, -0.25) is 0 Å². The number of hydrogen-bond acceptors (Lipinski definition) is 2. The lowest BCUT2D eigenvalue weighted by Crippen LogP contribution is -2.25. The molecule has 0 spiro atoms. The SMILES string of the molecule is Cc1[nH]c2ccccc2c1N(C)CN. The van der Waals surface area contributed by atoms with Crippen molar-refractivity contribution in [2.75, 3.05) is 18.6 Å². The third kappa shape index (κ3) is 1.26. The molecule has 0 saturated carbocycles. The summed E-state index contributed by atoms with van der Waals surface area (Å²) >= 11 is 0. The van der Waals surface area contributed by atoms with Crippen molar-refractivity contribution in [2.45, 2.75) is 6.92 Å². The molecule has 3 N–H and O–H groups in total. The number of nitrogens with one attached hydrogen (secondary N) is 1. The van der Waals surface area contributed by atoms with Crippen molar-refractivity contribution in [3.05, 3.63) is 30.0 Å². The van der Waals surface area contributed by atoms with Crippen LogP contribution in [-0.4, -0.2) is 18.7 Å². The summed E-state index contributed by atoms with van der Waals surface area (Å²) in [6.45, 7) is 2.60. The number of para-hydroxylation sites is 1. The summed E-state index contributed by atoms with van der Waals surface area (Å²) in [6, 6.07) is 8.27. The number of rotatable bonds is 2. The number of benzene rings is 1. The zero-order valence-corrected chi connectivity index (χ0v) is 8.54. The molecule has 0 radical (unpaired) electrons. The Morgan fingerprint density at radius 2 is 2.07 bits per heavy atom. The Kier molecular flexibility index (Phi) is 2.17. The quantitative estimate of drug-likeness (QED) is 0.708. The van der Waals surface area contributed by atoms with Gasteiger partial charge in [0.1, 0.15) is 0 Å². The highest BCUT2D eigenvalue weighted by Crippen LogP contribution is 2.29. The molecule has 1 aromatic heterocycles. The van der Waals surface area contributed by atoms with Gasteiger partial charge >= 0.3 is 0 Å². The Bertz CT molecular complexity index is 445. The maximum Gasteiger partial charge on any atom is 0.0661 e. The second kappa shape index (κ2) is 3.35. The predicted molar refractivity (Wildman–Crippen MR) is 60.5 cm³/mol. The molecular formula is C11H15N3. The van der Waals surface area contributed by atoms with Gasteiger partial charge in [-0.25, -0.2) is 0 Å². The van der Waals surface area contributed by atoms with Crippen LogP contribution in [0.5, 0.6) is 0 Å². The van der Waals surface area contributed by atoms with Gasteiger partial charge in [-0.2, -0.15) is 0 Å². The molecule has 1 heterocycles. The average Bonchev–Trinajstić information content (AvgIpc) is 2.53. The minimum atomic E-state index is 0.530. The number of H-pyrrole nitrogens is 1. The van der Waals surface area contributed by atoms with E-state index in [9.17, 15) is 0 Å². The zero-order chi connectivity index (χ0) is 10.1. The third-order valence-electron chi connectivity index (χ3n) is 2.52. The molecule has 14 heavy (non-hydrogen) atoms. The number of aromatic amines is 1. The average molecular weight is 189 g/mol. The number of aryl methyl sites for hydroxylation is 1. The first kappa shape index (κ1) is 9.09. The predicted octanol–water partition coefficient (Wildman–Crippen LogP) is 1.83. The number of fused-ring (bicyclic) bond motifs is 1. The second-order valence-corrected chi connectivity index (χ2v) is 3.52. The van der Waals surface area contributed by atoms with Gasteiger partial charge in [-0.05, 0) is 13.0 Å². The molecule has 3 heteroatoms. The summed E-state index contributed by atoms with van der Waals surface area (Å²) in [7, 11) is 2.00. The highest BCUT2D eigenvalue weighted by atomic mass is 15.2. The molecule has 0 atom stereocenters. The maximum absolute atomic E-state index is 5.64. The van der Waals surface area contributed by atoms with Gasteiger partial charge in [-0.15, -0.1) is 0 Å². The first-order valence-electron chi connectivity index (χ1n) is 4.72. The molecular weight excluding hydrogens is 174 g/mol. The topological polar surface area (TPSA) is 45.0 Å². The lowest BCUT2D eigenvalue weighted by molar-refractivity contribution is 0.930. The molecule has 0 fully saturated rings. The van der Waals surface area contributed by atoms with Crippen LogP contribution in [0, 0.1) is 6.92 Å². The van der Waals surface area contributed by atoms with E-state index in [0.29, 0.717) is 6.67 Å². The Labute approximate surface area is 83.5 Å². The largest absolute Gasteiger partial charge is 0.360 e. The molecule has 3 nitrogen and oxygen atoms in total. The van der Waals surface area contributed by atoms with E-state index >= 15 is 0 Å². The molecule has 0 unspecified atom stereocenters. The van der Waals surface area contributed by atoms with Crippen LogP contribution < -0.4 is 10.6 Å². The summed E-state index contributed by atoms with van der Waals surface area (Å²) in [5.74, 6) is 0. The molecule has 2 aromatic rings. The molecule has 0 amide bonds. The highest BCUT2D eigenvalue weighted by molar-refractivity contribution is 5.94. The normalized spacial score (nSPS) is 10.8. The van der Waals surface area contributed by atoms with E-state index in [0.717, 1.165) is 0 Å². The van der Waals surface area contributed by atoms with E-state index < -0.39 is 0 Å². The van der Waals surface area contributed by atoms with Crippen molar-refractivity contribution in [3.63, 3.8) is 0 Å². The van der Waals surface area contributed by atoms with E-state index in [4.69, 9.17) is 5.73 Å². The van der Waals surface area contributed by atoms with Crippen molar-refractivity contribution >= 4 is 16.6 Å². The minimum Gasteiger partial charge on any atom is -0.360 e. The fourth-order valence-electron chi connectivity index (χ4n) is 1.85. The van der Waals surface area contributed by atoms with Crippen LogP contribution in [0.4, 0.5) is 5.69 Å². The number of nitrogens with two attached hydrogens (primary N) is 1. The fraction of sp³-hybridized carbons (Fsp3) is 0.273. The van der Waals surface area contributed by atoms with E-state index in [1.165, 1.54) is 22.3 Å². The summed E-state index contributed by atoms with van der Waals surface area (Å²) in [6.07, 6.45) is 0. The molecule has 0 aliphatic rings. The molecule has 0 saturated heterocycles. The second-order valence-electron chi connectivity index (χ2n) is 3.52. The van der Waals surface area contributed by atoms with E-state index in [-0.39, 0.29) is 0 Å². The molecule has 0 aliphatic heterocycles. The minimum absolute atomic E-state index is 0.530. The molecule has 0 aliphatic carbocycles. The number of hydrogen-bond donors (Lipinski definition) is 2. The molecule has 2 rings (SSSR count). The van der Waals surface area contributed by atoms with E-state index in [2.05, 4.69) is 24.0 Å². The van der Waals surface area contributed by atoms with E-state index in [1.54, 1.807) is 0 Å². The van der Waals surface area contributed by atoms with Crippen LogP contribution in [0.2, 0.25) is 0 Å². The number of nitrogens with zero attached hydrogens (tertiary/aromatic N) is 1. The third-order valence-corrected chi connectivity index (χ3v) is 2.52. The Morgan fingerprint density at radius 3 is 2.79 bits per heavy atom. The van der Waals surface area contributed by atoms with Crippen LogP contribution in [-0.2, 0) is 0 Å². The van der Waals surface area contributed by atoms with Crippen LogP contribution in [0.3, 0.4) is 0 Å². The van der Waals surface area contributed by atoms with Crippen molar-refractivity contribution in [1.82, 2.24) is 4.98 Å². The van der Waals surface area contributed by atoms with Gasteiger partial charge in [0.2, 0.25) is 0 Å². The van der Waals surface area contributed by atoms with Gasteiger partial charge in [0.05, 0.1) is 12.4 Å². The maximum atomic E-state index is 5.64. The molecule has 0 bridgehead atoms. The van der Waals surface area contributed by atoms with E-state index in [1.807, 2.05) is 24.1 Å². The Morgan fingerprint density at radius 1 is 1.36 bits per heavy atom. The van der Waals surface area contributed by atoms with Crippen LogP contribution in [0.1, 0.15) is 5.69 Å². The van der Waals surface area contributed by atoms with Gasteiger partial charge in [0.15, 0.2) is 0 Å². The number of aromatic nitrogens is 1. The summed E-state index contributed by atoms with van der Waals surface area (Å²) in [4.78, 5) is 5.39. The van der Waals surface area contributed by atoms with Crippen molar-refractivity contribution < 1.29 is 0 Å². The van der Waals surface area contributed by atoms with Gasteiger partial charge in [0.25, 0.3) is 0 Å². The highest BCUT2D eigenvalue weighted by Gasteiger charge is 2.10. The lowest BCUT2D eigenvalue weighted by atomic mass is 10.2. The van der Waals surface area contributed by atoms with Crippen LogP contribution in [0.15, 0.2) is 24.3 Å². The van der Waals surface area contributed by atoms with Crippen molar-refractivity contribution in [2.24, 2.45) is 5.73 Å². The first-order chi connectivity index (χ1) is 6.74. The monoisotopic (exact) mass is 189 g/mol. The van der Waals surface area contributed by atoms with Crippen molar-refractivity contribution in [3.8, 4) is 0 Å². The summed E-state index contributed by atoms with van der Waals surface area (Å²) in [5.41, 5.74) is 9.17.